The maximum atomic E-state index is 13.7. The highest BCUT2D eigenvalue weighted by atomic mass is 32.2. The lowest BCUT2D eigenvalue weighted by Gasteiger charge is -2.42. The van der Waals surface area contributed by atoms with E-state index in [2.05, 4.69) is 0 Å². The summed E-state index contributed by atoms with van der Waals surface area (Å²) in [6, 6.07) is -7.63. The SMILES string of the molecule is O=C(O)C(=C(F)F)C(F)(F)C(F)(F)NS(=O)(=O)C(F)(F)C(F)(F)C(F)(F)C(F)(F)C(F)(F)C(F)(F)C(F)(F)C(F)(F)F. The van der Waals surface area contributed by atoms with Gasteiger partial charge in [0, 0.05) is 0 Å². The fraction of sp³-hybridized carbons (Fsp3) is 0.769. The second-order valence-electron chi connectivity index (χ2n) is 7.16. The number of aliphatic carboxylic acids is 1. The quantitative estimate of drug-likeness (QED) is 0.141. The third kappa shape index (κ3) is 5.15. The molecule has 29 heteroatoms. The Kier molecular flexibility index (Phi) is 9.43. The molecular formula is C13H2F23NO4S. The van der Waals surface area contributed by atoms with Crippen molar-refractivity contribution >= 4 is 16.0 Å². The molecule has 0 unspecified atom stereocenters. The molecule has 0 heterocycles. The molecule has 0 aromatic heterocycles. The third-order valence-electron chi connectivity index (χ3n) is 4.40. The molecule has 42 heavy (non-hydrogen) atoms. The normalized spacial score (nSPS) is 16.0. The van der Waals surface area contributed by atoms with E-state index in [9.17, 15) is 114 Å². The first-order valence-corrected chi connectivity index (χ1v) is 10.00. The molecule has 0 fully saturated rings. The number of hydrogen-bond donors (Lipinski definition) is 2. The number of carboxylic acid groups (broad SMARTS) is 1. The number of carbonyl (C=O) groups is 1. The molecule has 0 saturated heterocycles. The Hall–Kier alpha value is -2.49. The second-order valence-corrected chi connectivity index (χ2v) is 8.88. The maximum Gasteiger partial charge on any atom is 0.460 e. The van der Waals surface area contributed by atoms with Gasteiger partial charge in [0.15, 0.2) is 5.57 Å². The van der Waals surface area contributed by atoms with Crippen LogP contribution in [0, 0.1) is 0 Å². The Balaban J connectivity index is 7.19. The Labute approximate surface area is 212 Å². The zero-order valence-corrected chi connectivity index (χ0v) is 18.6. The van der Waals surface area contributed by atoms with Crippen molar-refractivity contribution in [1.29, 1.82) is 0 Å². The van der Waals surface area contributed by atoms with Gasteiger partial charge in [0.2, 0.25) is 0 Å². The van der Waals surface area contributed by atoms with Gasteiger partial charge in [0.25, 0.3) is 16.1 Å². The van der Waals surface area contributed by atoms with Gasteiger partial charge in [-0.2, -0.15) is 101 Å². The van der Waals surface area contributed by atoms with Crippen molar-refractivity contribution in [2.45, 2.75) is 58.9 Å². The van der Waals surface area contributed by atoms with E-state index in [0.29, 0.717) is 0 Å². The highest BCUT2D eigenvalue weighted by Gasteiger charge is 2.96. The summed E-state index contributed by atoms with van der Waals surface area (Å²) in [7, 11) is -9.12. The predicted molar refractivity (Wildman–Crippen MR) is 79.5 cm³/mol. The molecule has 0 spiro atoms. The largest absolute Gasteiger partial charge is 0.478 e. The smallest absolute Gasteiger partial charge is 0.460 e. The minimum Gasteiger partial charge on any atom is -0.478 e. The van der Waals surface area contributed by atoms with Gasteiger partial charge in [-0.1, -0.05) is 0 Å². The minimum absolute atomic E-state index is 1.81. The number of nitrogens with one attached hydrogen (secondary N) is 1. The highest BCUT2D eigenvalue weighted by molar-refractivity contribution is 7.90. The first-order chi connectivity index (χ1) is 17.7. The van der Waals surface area contributed by atoms with Gasteiger partial charge in [0.1, 0.15) is 0 Å². The number of sulfonamides is 1. The fourth-order valence-electron chi connectivity index (χ4n) is 2.11. The number of alkyl halides is 21. The summed E-state index contributed by atoms with van der Waals surface area (Å²) in [6.45, 7) is 0. The van der Waals surface area contributed by atoms with E-state index in [1.807, 2.05) is 0 Å². The zero-order valence-electron chi connectivity index (χ0n) is 17.8. The van der Waals surface area contributed by atoms with Crippen molar-refractivity contribution < 1.29 is 119 Å². The summed E-state index contributed by atoms with van der Waals surface area (Å²) in [5.41, 5.74) is -4.24. The van der Waals surface area contributed by atoms with Crippen LogP contribution in [0.3, 0.4) is 0 Å². The summed E-state index contributed by atoms with van der Waals surface area (Å²) in [5.74, 6) is -66.1. The Morgan fingerprint density at radius 2 is 0.810 bits per heavy atom. The van der Waals surface area contributed by atoms with Crippen LogP contribution >= 0.6 is 0 Å². The molecule has 0 radical (unpaired) electrons. The summed E-state index contributed by atoms with van der Waals surface area (Å²) >= 11 is 0. The lowest BCUT2D eigenvalue weighted by Crippen LogP contribution is -2.75. The van der Waals surface area contributed by atoms with Crippen LogP contribution in [0.25, 0.3) is 0 Å². The van der Waals surface area contributed by atoms with Crippen LogP contribution in [-0.2, 0) is 14.8 Å². The minimum atomic E-state index is -9.39. The molecular weight excluding hydrogens is 703 g/mol. The van der Waals surface area contributed by atoms with Gasteiger partial charge in [-0.25, -0.2) is 13.2 Å². The Morgan fingerprint density at radius 3 is 1.07 bits per heavy atom. The second kappa shape index (κ2) is 10.0. The van der Waals surface area contributed by atoms with Crippen molar-refractivity contribution in [3.05, 3.63) is 11.7 Å². The molecule has 0 rings (SSSR count). The molecule has 0 aromatic carbocycles. The van der Waals surface area contributed by atoms with Crippen LogP contribution in [0.1, 0.15) is 0 Å². The number of carboxylic acids is 1. The van der Waals surface area contributed by atoms with Gasteiger partial charge in [-0.15, -0.1) is 4.72 Å². The molecule has 0 saturated carbocycles. The Morgan fingerprint density at radius 1 is 0.524 bits per heavy atom. The van der Waals surface area contributed by atoms with Crippen LogP contribution in [-0.4, -0.2) is 78.4 Å². The van der Waals surface area contributed by atoms with E-state index in [1.165, 1.54) is 0 Å². The highest BCUT2D eigenvalue weighted by Crippen LogP contribution is 2.64. The summed E-state index contributed by atoms with van der Waals surface area (Å²) < 4.78 is 322. The van der Waals surface area contributed by atoms with Crippen molar-refractivity contribution in [2.24, 2.45) is 0 Å². The molecule has 0 aliphatic carbocycles. The molecule has 5 nitrogen and oxygen atoms in total. The topological polar surface area (TPSA) is 83.5 Å². The van der Waals surface area contributed by atoms with Crippen LogP contribution in [0.5, 0.6) is 0 Å². The van der Waals surface area contributed by atoms with E-state index in [4.69, 9.17) is 5.11 Å². The first-order valence-electron chi connectivity index (χ1n) is 8.52. The lowest BCUT2D eigenvalue weighted by atomic mass is 9.91. The fourth-order valence-corrected chi connectivity index (χ4v) is 3.17. The van der Waals surface area contributed by atoms with E-state index < -0.39 is 91.3 Å². The summed E-state index contributed by atoms with van der Waals surface area (Å²) in [5, 5.41) is -0.732. The van der Waals surface area contributed by atoms with E-state index in [0.717, 1.165) is 0 Å². The van der Waals surface area contributed by atoms with Gasteiger partial charge >= 0.3 is 64.9 Å². The van der Waals surface area contributed by atoms with Crippen molar-refractivity contribution in [3.63, 3.8) is 0 Å². The van der Waals surface area contributed by atoms with Crippen LogP contribution in [0.2, 0.25) is 0 Å². The average molecular weight is 705 g/mol. The lowest BCUT2D eigenvalue weighted by molar-refractivity contribution is -0.458. The maximum absolute atomic E-state index is 13.7. The third-order valence-corrected chi connectivity index (χ3v) is 5.86. The Bertz CT molecular complexity index is 1200. The van der Waals surface area contributed by atoms with Crippen molar-refractivity contribution in [1.82, 2.24) is 4.72 Å². The number of halogens is 23. The van der Waals surface area contributed by atoms with Crippen molar-refractivity contribution in [3.8, 4) is 0 Å². The molecule has 2 N–H and O–H groups in total. The molecule has 0 bridgehead atoms. The van der Waals surface area contributed by atoms with Gasteiger partial charge in [-0.05, 0) is 0 Å². The molecule has 0 amide bonds. The number of hydrogen-bond acceptors (Lipinski definition) is 3. The van der Waals surface area contributed by atoms with Crippen LogP contribution in [0.15, 0.2) is 11.7 Å². The monoisotopic (exact) mass is 705 g/mol. The molecule has 0 aromatic rings. The van der Waals surface area contributed by atoms with Gasteiger partial charge in [-0.3, -0.25) is 0 Å². The van der Waals surface area contributed by atoms with Gasteiger partial charge < -0.3 is 5.11 Å². The van der Waals surface area contributed by atoms with E-state index in [-0.39, 0.29) is 0 Å². The van der Waals surface area contributed by atoms with Crippen LogP contribution < -0.4 is 4.72 Å². The molecule has 0 aliphatic rings. The zero-order chi connectivity index (χ0) is 34.9. The standard InChI is InChI=1S/C13H2F23NO4S/c14-2(15)1(3(38)39)4(16,17)12(33,34)37-42(40,41)13(35,36)10(28,29)8(24,25)6(20,21)5(18,19)7(22,23)9(26,27)11(30,31)32/h37H,(H,38,39). The molecule has 250 valence electrons. The van der Waals surface area contributed by atoms with E-state index >= 15 is 0 Å². The van der Waals surface area contributed by atoms with Gasteiger partial charge in [0.05, 0.1) is 0 Å². The van der Waals surface area contributed by atoms with Crippen molar-refractivity contribution in [2.75, 3.05) is 0 Å². The first kappa shape index (κ1) is 39.5. The molecule has 0 aliphatic heterocycles. The number of rotatable bonds is 12. The summed E-state index contributed by atoms with van der Waals surface area (Å²) in [4.78, 5) is 10.3. The average Bonchev–Trinajstić information content (AvgIpc) is 2.69. The molecule has 0 atom stereocenters. The van der Waals surface area contributed by atoms with Crippen LogP contribution in [0.4, 0.5) is 101 Å². The summed E-state index contributed by atoms with van der Waals surface area (Å²) in [6.07, 6.45) is -12.6. The predicted octanol–water partition coefficient (Wildman–Crippen LogP) is 6.34. The van der Waals surface area contributed by atoms with E-state index in [1.54, 1.807) is 0 Å².